The van der Waals surface area contributed by atoms with Crippen LogP contribution in [0.1, 0.15) is 61.8 Å². The number of imidazole rings is 1. The molecule has 3 aromatic carbocycles. The maximum atomic E-state index is 4.53. The number of nitrogens with zero attached hydrogens (tertiary/aromatic N) is 3. The van der Waals surface area contributed by atoms with E-state index < -0.39 is 0 Å². The summed E-state index contributed by atoms with van der Waals surface area (Å²) < 4.78 is 4.86. The first-order valence-electron chi connectivity index (χ1n) is 12.9. The predicted octanol–water partition coefficient (Wildman–Crippen LogP) is 8.05. The average Bonchev–Trinajstić information content (AvgIpc) is 3.16. The van der Waals surface area contributed by atoms with Gasteiger partial charge in [0.1, 0.15) is 5.69 Å². The van der Waals surface area contributed by atoms with Crippen LogP contribution in [0.2, 0.25) is 0 Å². The molecule has 182 valence electrons. The predicted molar refractivity (Wildman–Crippen MR) is 151 cm³/mol. The minimum absolute atomic E-state index is 0.358. The summed E-state index contributed by atoms with van der Waals surface area (Å²) in [6.45, 7) is 13.6. The minimum Gasteiger partial charge on any atom is -0.264 e. The molecule has 5 aromatic rings. The molecule has 36 heavy (non-hydrogen) atoms. The summed E-state index contributed by atoms with van der Waals surface area (Å²) in [6, 6.07) is 24.3. The molecule has 0 aliphatic heterocycles. The van der Waals surface area contributed by atoms with Crippen LogP contribution in [0, 0.1) is 13.8 Å². The number of fused-ring (bicyclic) bond motifs is 1. The highest BCUT2D eigenvalue weighted by atomic mass is 15.2. The molecule has 0 aliphatic carbocycles. The summed E-state index contributed by atoms with van der Waals surface area (Å²) in [5.74, 6) is 1.88. The van der Waals surface area contributed by atoms with Gasteiger partial charge in [0, 0.05) is 29.1 Å². The summed E-state index contributed by atoms with van der Waals surface area (Å²) in [6.07, 6.45) is 3.89. The number of hydrogen-bond donors (Lipinski definition) is 0. The summed E-state index contributed by atoms with van der Waals surface area (Å²) in [4.78, 5) is 4.53. The van der Waals surface area contributed by atoms with E-state index in [-0.39, 0.29) is 0 Å². The van der Waals surface area contributed by atoms with Crippen LogP contribution in [-0.4, -0.2) is 9.55 Å². The van der Waals surface area contributed by atoms with Gasteiger partial charge in [-0.3, -0.25) is 4.98 Å². The van der Waals surface area contributed by atoms with Crippen molar-refractivity contribution in [3.8, 4) is 28.2 Å². The van der Waals surface area contributed by atoms with Gasteiger partial charge in [0.2, 0.25) is 0 Å². The van der Waals surface area contributed by atoms with Crippen LogP contribution in [0.5, 0.6) is 0 Å². The van der Waals surface area contributed by atoms with Crippen molar-refractivity contribution in [3.05, 3.63) is 101 Å². The van der Waals surface area contributed by atoms with Crippen molar-refractivity contribution in [2.45, 2.75) is 53.4 Å². The Balaban J connectivity index is 1.97. The summed E-state index contributed by atoms with van der Waals surface area (Å²) >= 11 is 0. The smallest absolute Gasteiger partial charge is 0.264 e. The Morgan fingerprint density at radius 3 is 2.03 bits per heavy atom. The fraction of sp³-hybridized carbons (Fsp3) is 0.273. The first kappa shape index (κ1) is 24.0. The SMILES string of the molecule is Cc1ccncc1-c1n(-c2c(C(C)C)cc(-c3ccccc3)cc2C(C)C)c2cccc(C)c2[n+]1C. The van der Waals surface area contributed by atoms with E-state index in [4.69, 9.17) is 0 Å². The van der Waals surface area contributed by atoms with Crippen molar-refractivity contribution in [2.24, 2.45) is 7.05 Å². The molecule has 2 heterocycles. The van der Waals surface area contributed by atoms with Gasteiger partial charge in [0.15, 0.2) is 11.0 Å². The Hall–Kier alpha value is -3.72. The van der Waals surface area contributed by atoms with E-state index in [9.17, 15) is 0 Å². The Morgan fingerprint density at radius 1 is 0.750 bits per heavy atom. The molecular weight excluding hydrogens is 438 g/mol. The summed E-state index contributed by atoms with van der Waals surface area (Å²) in [5, 5.41) is 0. The van der Waals surface area contributed by atoms with Gasteiger partial charge in [-0.25, -0.2) is 4.57 Å². The third kappa shape index (κ3) is 3.93. The van der Waals surface area contributed by atoms with Crippen LogP contribution in [0.4, 0.5) is 0 Å². The molecule has 0 unspecified atom stereocenters. The van der Waals surface area contributed by atoms with Gasteiger partial charge >= 0.3 is 0 Å². The molecule has 0 N–H and O–H groups in total. The van der Waals surface area contributed by atoms with Gasteiger partial charge in [-0.15, -0.1) is 0 Å². The highest BCUT2D eigenvalue weighted by Gasteiger charge is 2.32. The monoisotopic (exact) mass is 474 g/mol. The molecule has 2 aromatic heterocycles. The molecule has 3 heteroatoms. The zero-order valence-corrected chi connectivity index (χ0v) is 22.5. The van der Waals surface area contributed by atoms with Crippen LogP contribution < -0.4 is 4.57 Å². The van der Waals surface area contributed by atoms with Gasteiger partial charge in [0.05, 0.1) is 12.6 Å². The molecule has 0 aliphatic rings. The van der Waals surface area contributed by atoms with Gasteiger partial charge < -0.3 is 0 Å². The van der Waals surface area contributed by atoms with E-state index in [2.05, 4.69) is 129 Å². The van der Waals surface area contributed by atoms with Crippen molar-refractivity contribution in [3.63, 3.8) is 0 Å². The Labute approximate surface area is 215 Å². The first-order chi connectivity index (χ1) is 17.3. The summed E-state index contributed by atoms with van der Waals surface area (Å²) in [7, 11) is 2.19. The van der Waals surface area contributed by atoms with Gasteiger partial charge in [-0.2, -0.15) is 4.57 Å². The quantitative estimate of drug-likeness (QED) is 0.236. The fourth-order valence-electron chi connectivity index (χ4n) is 5.47. The maximum Gasteiger partial charge on any atom is 0.296 e. The lowest BCUT2D eigenvalue weighted by molar-refractivity contribution is -0.634. The Kier molecular flexibility index (Phi) is 6.26. The average molecular weight is 475 g/mol. The third-order valence-electron chi connectivity index (χ3n) is 7.35. The van der Waals surface area contributed by atoms with Crippen LogP contribution in [-0.2, 0) is 7.05 Å². The van der Waals surface area contributed by atoms with E-state index in [1.54, 1.807) is 0 Å². The van der Waals surface area contributed by atoms with E-state index in [1.165, 1.54) is 55.9 Å². The van der Waals surface area contributed by atoms with Crippen molar-refractivity contribution < 1.29 is 4.57 Å². The number of hydrogen-bond acceptors (Lipinski definition) is 1. The highest BCUT2D eigenvalue weighted by Crippen LogP contribution is 2.40. The number of benzene rings is 3. The zero-order valence-electron chi connectivity index (χ0n) is 22.5. The molecule has 0 spiro atoms. The second-order valence-electron chi connectivity index (χ2n) is 10.5. The van der Waals surface area contributed by atoms with Gasteiger partial charge in [0.25, 0.3) is 5.82 Å². The number of pyridine rings is 1. The number of aromatic nitrogens is 3. The second kappa shape index (κ2) is 9.39. The third-order valence-corrected chi connectivity index (χ3v) is 7.35. The van der Waals surface area contributed by atoms with E-state index in [1.807, 2.05) is 12.4 Å². The number of rotatable bonds is 5. The van der Waals surface area contributed by atoms with Crippen LogP contribution in [0.25, 0.3) is 39.2 Å². The molecule has 0 atom stereocenters. The van der Waals surface area contributed by atoms with E-state index in [0.29, 0.717) is 11.8 Å². The van der Waals surface area contributed by atoms with Crippen molar-refractivity contribution >= 4 is 11.0 Å². The Bertz CT molecular complexity index is 1530. The molecule has 0 bridgehead atoms. The largest absolute Gasteiger partial charge is 0.296 e. The molecule has 0 saturated heterocycles. The van der Waals surface area contributed by atoms with Gasteiger partial charge in [-0.1, -0.05) is 70.2 Å². The van der Waals surface area contributed by atoms with Crippen LogP contribution >= 0.6 is 0 Å². The number of para-hydroxylation sites is 1. The van der Waals surface area contributed by atoms with Crippen molar-refractivity contribution in [1.82, 2.24) is 9.55 Å². The summed E-state index contributed by atoms with van der Waals surface area (Å²) in [5.41, 5.74) is 12.7. The van der Waals surface area contributed by atoms with Crippen molar-refractivity contribution in [2.75, 3.05) is 0 Å². The highest BCUT2D eigenvalue weighted by molar-refractivity contribution is 5.83. The lowest BCUT2D eigenvalue weighted by atomic mass is 9.88. The molecule has 0 saturated carbocycles. The minimum atomic E-state index is 0.358. The van der Waals surface area contributed by atoms with Gasteiger partial charge in [-0.05, 0) is 66.6 Å². The maximum absolute atomic E-state index is 4.53. The molecular formula is C33H36N3+. The van der Waals surface area contributed by atoms with E-state index >= 15 is 0 Å². The zero-order chi connectivity index (χ0) is 25.6. The Morgan fingerprint density at radius 2 is 1.42 bits per heavy atom. The van der Waals surface area contributed by atoms with E-state index in [0.717, 1.165) is 5.56 Å². The topological polar surface area (TPSA) is 21.7 Å². The molecule has 0 fully saturated rings. The number of aryl methyl sites for hydroxylation is 3. The van der Waals surface area contributed by atoms with Crippen LogP contribution in [0.15, 0.2) is 79.1 Å². The molecule has 5 rings (SSSR count). The van der Waals surface area contributed by atoms with Crippen LogP contribution in [0.3, 0.4) is 0 Å². The normalized spacial score (nSPS) is 11.7. The fourth-order valence-corrected chi connectivity index (χ4v) is 5.47. The molecule has 0 radical (unpaired) electrons. The lowest BCUT2D eigenvalue weighted by Gasteiger charge is -2.21. The molecule has 3 nitrogen and oxygen atoms in total. The lowest BCUT2D eigenvalue weighted by Crippen LogP contribution is -2.31. The van der Waals surface area contributed by atoms with Crippen molar-refractivity contribution in [1.29, 1.82) is 0 Å². The second-order valence-corrected chi connectivity index (χ2v) is 10.5. The molecule has 0 amide bonds. The standard InChI is InChI=1S/C33H36N3/c1-21(2)27-18-26(25-13-9-8-10-14-25)19-28(22(3)4)32(27)36-30-15-11-12-24(6)31(30)35(7)33(36)29-20-34-17-16-23(29)5/h8-22H,1-7H3/q+1. The first-order valence-corrected chi connectivity index (χ1v) is 12.9.